The minimum Gasteiger partial charge on any atom is -0.547 e. The Bertz CT molecular complexity index is 401. The summed E-state index contributed by atoms with van der Waals surface area (Å²) in [6, 6.07) is 0. The summed E-state index contributed by atoms with van der Waals surface area (Å²) in [4.78, 5) is 19.3. The van der Waals surface area contributed by atoms with Gasteiger partial charge in [0.1, 0.15) is 37.5 Å². The Morgan fingerprint density at radius 1 is 0.714 bits per heavy atom. The first-order chi connectivity index (χ1) is 12.4. The first-order valence-electron chi connectivity index (χ1n) is 8.24. The quantitative estimate of drug-likeness (QED) is 0.202. The fraction of sp³-hybridized carbons (Fsp3) is 0.875. The van der Waals surface area contributed by atoms with Crippen molar-refractivity contribution in [1.82, 2.24) is 0 Å². The van der Waals surface area contributed by atoms with Gasteiger partial charge in [-0.05, 0) is 0 Å². The maximum absolute atomic E-state index is 9.63. The van der Waals surface area contributed by atoms with Crippen molar-refractivity contribution >= 4 is 35.1 Å². The molecule has 0 aromatic rings. The second kappa shape index (κ2) is 15.2. The normalized spacial score (nSPS) is 15.7. The SMILES string of the molecule is C[N+](C)(C)CC(O)CCl.C[N+](C)(C)CC(O)CCl.O=C([O-])C(O)C(O)C(=O)[O-]. The number of likely N-dealkylation sites (N-methyl/N-ethyl adjacent to an activating group) is 2. The minimum atomic E-state index is -2.44. The van der Waals surface area contributed by atoms with Gasteiger partial charge in [0.2, 0.25) is 0 Å². The zero-order valence-corrected chi connectivity index (χ0v) is 18.7. The number of aliphatic hydroxyl groups is 4. The number of halogens is 2. The highest BCUT2D eigenvalue weighted by Crippen LogP contribution is 1.96. The lowest BCUT2D eigenvalue weighted by Crippen LogP contribution is -2.51. The molecule has 12 heteroatoms. The Labute approximate surface area is 176 Å². The summed E-state index contributed by atoms with van der Waals surface area (Å²) in [5.74, 6) is -3.46. The molecule has 0 bridgehead atoms. The molecule has 0 rings (SSSR count). The topological polar surface area (TPSA) is 161 Å². The highest BCUT2D eigenvalue weighted by atomic mass is 35.5. The molecule has 4 atom stereocenters. The summed E-state index contributed by atoms with van der Waals surface area (Å²) in [7, 11) is 12.1. The maximum atomic E-state index is 9.63. The molecule has 0 heterocycles. The van der Waals surface area contributed by atoms with E-state index in [-0.39, 0.29) is 12.2 Å². The predicted molar refractivity (Wildman–Crippen MR) is 101 cm³/mol. The van der Waals surface area contributed by atoms with Crippen LogP contribution in [-0.2, 0) is 9.59 Å². The molecule has 0 spiro atoms. The van der Waals surface area contributed by atoms with E-state index < -0.39 is 24.1 Å². The van der Waals surface area contributed by atoms with E-state index in [1.807, 2.05) is 42.3 Å². The summed E-state index contributed by atoms with van der Waals surface area (Å²) >= 11 is 10.8. The number of carboxylic acids is 2. The highest BCUT2D eigenvalue weighted by molar-refractivity contribution is 6.18. The molecule has 0 aromatic heterocycles. The van der Waals surface area contributed by atoms with Crippen LogP contribution in [-0.4, -0.2) is 133 Å². The molecule has 0 amide bonds. The van der Waals surface area contributed by atoms with Crippen molar-refractivity contribution in [3.8, 4) is 0 Å². The van der Waals surface area contributed by atoms with Crippen LogP contribution in [0, 0.1) is 0 Å². The monoisotopic (exact) mass is 452 g/mol. The Balaban J connectivity index is -0.000000336. The molecule has 0 saturated heterocycles. The van der Waals surface area contributed by atoms with Gasteiger partial charge < -0.3 is 49.2 Å². The number of quaternary nitrogens is 2. The third kappa shape index (κ3) is 23.3. The number of aliphatic carboxylic acids is 2. The number of alkyl halides is 2. The summed E-state index contributed by atoms with van der Waals surface area (Å²) in [5.41, 5.74) is 0. The third-order valence-corrected chi connectivity index (χ3v) is 3.37. The van der Waals surface area contributed by atoms with E-state index in [0.717, 1.165) is 8.97 Å². The highest BCUT2D eigenvalue weighted by Gasteiger charge is 2.17. The Morgan fingerprint density at radius 2 is 0.929 bits per heavy atom. The fourth-order valence-electron chi connectivity index (χ4n) is 1.62. The second-order valence-electron chi connectivity index (χ2n) is 8.09. The van der Waals surface area contributed by atoms with Crippen molar-refractivity contribution in [3.63, 3.8) is 0 Å². The van der Waals surface area contributed by atoms with Gasteiger partial charge in [0.25, 0.3) is 0 Å². The van der Waals surface area contributed by atoms with Crippen LogP contribution in [0.5, 0.6) is 0 Å². The van der Waals surface area contributed by atoms with Crippen LogP contribution in [0.3, 0.4) is 0 Å². The number of aliphatic hydroxyl groups excluding tert-OH is 4. The van der Waals surface area contributed by atoms with E-state index in [1.54, 1.807) is 0 Å². The van der Waals surface area contributed by atoms with Crippen molar-refractivity contribution < 1.29 is 49.2 Å². The number of carboxylic acid groups (broad SMARTS) is 2. The number of rotatable bonds is 9. The first-order valence-corrected chi connectivity index (χ1v) is 9.31. The van der Waals surface area contributed by atoms with Crippen LogP contribution in [0.1, 0.15) is 0 Å². The number of carbonyl (C=O) groups is 2. The van der Waals surface area contributed by atoms with Crippen LogP contribution in [0.25, 0.3) is 0 Å². The van der Waals surface area contributed by atoms with E-state index in [2.05, 4.69) is 0 Å². The molecule has 0 aliphatic rings. The van der Waals surface area contributed by atoms with Crippen LogP contribution in [0.15, 0.2) is 0 Å². The largest absolute Gasteiger partial charge is 0.547 e. The van der Waals surface area contributed by atoms with E-state index in [4.69, 9.17) is 43.6 Å². The molecule has 4 unspecified atom stereocenters. The fourth-order valence-corrected chi connectivity index (χ4v) is 1.82. The van der Waals surface area contributed by atoms with Crippen molar-refractivity contribution in [2.75, 3.05) is 67.1 Å². The molecular formula is C16H34Cl2N2O8. The summed E-state index contributed by atoms with van der Waals surface area (Å²) in [6.45, 7) is 1.42. The molecule has 0 saturated carbocycles. The van der Waals surface area contributed by atoms with E-state index in [9.17, 15) is 19.8 Å². The zero-order chi connectivity index (χ0) is 23.3. The number of hydrogen-bond acceptors (Lipinski definition) is 8. The van der Waals surface area contributed by atoms with E-state index in [0.29, 0.717) is 24.8 Å². The Hall–Kier alpha value is -0.720. The summed E-state index contributed by atoms with van der Waals surface area (Å²) in [6.07, 6.45) is -5.62. The third-order valence-electron chi connectivity index (χ3n) is 2.66. The molecule has 10 nitrogen and oxygen atoms in total. The van der Waals surface area contributed by atoms with Crippen LogP contribution >= 0.6 is 23.2 Å². The number of hydrogen-bond donors (Lipinski definition) is 4. The molecule has 170 valence electrons. The lowest BCUT2D eigenvalue weighted by Gasteiger charge is -2.25. The Kier molecular flexibility index (Phi) is 17.3. The average Bonchev–Trinajstić information content (AvgIpc) is 2.51. The van der Waals surface area contributed by atoms with Crippen LogP contribution in [0.2, 0.25) is 0 Å². The Morgan fingerprint density at radius 3 is 1.00 bits per heavy atom. The molecule has 0 aliphatic carbocycles. The first kappa shape index (κ1) is 32.0. The lowest BCUT2D eigenvalue weighted by molar-refractivity contribution is -0.873. The van der Waals surface area contributed by atoms with Crippen LogP contribution in [0.4, 0.5) is 0 Å². The molecule has 28 heavy (non-hydrogen) atoms. The predicted octanol–water partition coefficient (Wildman–Crippen LogP) is -4.21. The zero-order valence-electron chi connectivity index (χ0n) is 17.2. The van der Waals surface area contributed by atoms with Crippen molar-refractivity contribution in [2.24, 2.45) is 0 Å². The summed E-state index contributed by atoms with van der Waals surface area (Å²) < 4.78 is 1.52. The molecule has 0 aromatic carbocycles. The van der Waals surface area contributed by atoms with Crippen molar-refractivity contribution in [2.45, 2.75) is 24.4 Å². The van der Waals surface area contributed by atoms with Gasteiger partial charge in [0.05, 0.1) is 66.0 Å². The molecule has 4 N–H and O–H groups in total. The van der Waals surface area contributed by atoms with Gasteiger partial charge in [-0.2, -0.15) is 0 Å². The minimum absolute atomic E-state index is 0.329. The van der Waals surface area contributed by atoms with E-state index in [1.165, 1.54) is 0 Å². The van der Waals surface area contributed by atoms with Gasteiger partial charge >= 0.3 is 0 Å². The van der Waals surface area contributed by atoms with Crippen molar-refractivity contribution in [3.05, 3.63) is 0 Å². The van der Waals surface area contributed by atoms with Crippen molar-refractivity contribution in [1.29, 1.82) is 0 Å². The van der Waals surface area contributed by atoms with Gasteiger partial charge in [0.15, 0.2) is 0 Å². The lowest BCUT2D eigenvalue weighted by atomic mass is 10.2. The van der Waals surface area contributed by atoms with E-state index >= 15 is 0 Å². The second-order valence-corrected chi connectivity index (χ2v) is 8.71. The number of nitrogens with zero attached hydrogens (tertiary/aromatic N) is 2. The van der Waals surface area contributed by atoms with Crippen LogP contribution < -0.4 is 10.2 Å². The van der Waals surface area contributed by atoms with Gasteiger partial charge in [-0.3, -0.25) is 0 Å². The van der Waals surface area contributed by atoms with Gasteiger partial charge in [-0.1, -0.05) is 0 Å². The standard InChI is InChI=1S/2C6H15ClNO.C4H6O6/c2*1-8(2,3)5-6(9)4-7;5-1(3(7)8)2(6)4(9)10/h2*6,9H,4-5H2,1-3H3;1-2,5-6H,(H,7,8)(H,9,10)/q2*+1;/p-2. The van der Waals surface area contributed by atoms with Gasteiger partial charge in [-0.25, -0.2) is 0 Å². The van der Waals surface area contributed by atoms with Gasteiger partial charge in [-0.15, -0.1) is 23.2 Å². The average molecular weight is 453 g/mol. The smallest absolute Gasteiger partial charge is 0.124 e. The summed E-state index contributed by atoms with van der Waals surface area (Å²) in [5, 5.41) is 53.8. The molecule has 0 radical (unpaired) electrons. The van der Waals surface area contributed by atoms with Gasteiger partial charge in [0, 0.05) is 0 Å². The molecular weight excluding hydrogens is 419 g/mol. The molecule has 0 fully saturated rings. The number of carbonyl (C=O) groups excluding carboxylic acids is 2. The molecule has 0 aliphatic heterocycles. The maximum Gasteiger partial charge on any atom is 0.124 e.